The van der Waals surface area contributed by atoms with Crippen LogP contribution in [0.15, 0.2) is 12.1 Å². The van der Waals surface area contributed by atoms with Crippen LogP contribution in [-0.4, -0.2) is 11.1 Å². The number of carboxylic acid groups (broad SMARTS) is 1. The highest BCUT2D eigenvalue weighted by Crippen LogP contribution is 2.40. The molecule has 0 unspecified atom stereocenters. The second-order valence-electron chi connectivity index (χ2n) is 3.89. The zero-order valence-corrected chi connectivity index (χ0v) is 9.64. The number of fused-ring (bicyclic) bond motifs is 1. The number of aliphatic carboxylic acids is 1. The number of carbonyl (C=O) groups is 1. The lowest BCUT2D eigenvalue weighted by Crippen LogP contribution is -2.29. The first-order valence-corrected chi connectivity index (χ1v) is 5.35. The van der Waals surface area contributed by atoms with Crippen molar-refractivity contribution >= 4 is 29.2 Å². The molecule has 1 aliphatic rings. The fourth-order valence-corrected chi connectivity index (χ4v) is 2.32. The molecule has 3 nitrogen and oxygen atoms in total. The minimum atomic E-state index is -1.36. The van der Waals surface area contributed by atoms with Crippen molar-refractivity contribution in [2.75, 3.05) is 0 Å². The Hall–Kier alpha value is -1.24. The largest absolute Gasteiger partial charge is 0.480 e. The third kappa shape index (κ3) is 1.55. The zero-order valence-electron chi connectivity index (χ0n) is 8.13. The lowest BCUT2D eigenvalue weighted by Gasteiger charge is -2.12. The van der Waals surface area contributed by atoms with Gasteiger partial charge in [-0.05, 0) is 23.3 Å². The zero-order chi connectivity index (χ0) is 11.9. The first-order valence-electron chi connectivity index (χ1n) is 4.60. The first kappa shape index (κ1) is 11.3. The Kier molecular flexibility index (Phi) is 2.57. The van der Waals surface area contributed by atoms with Crippen molar-refractivity contribution in [2.45, 2.75) is 12.8 Å². The Balaban J connectivity index is 2.49. The molecule has 0 fully saturated rings. The molecule has 0 saturated heterocycles. The number of nitriles is 1. The van der Waals surface area contributed by atoms with Crippen molar-refractivity contribution in [3.05, 3.63) is 33.3 Å². The summed E-state index contributed by atoms with van der Waals surface area (Å²) in [6.07, 6.45) is 0.371. The van der Waals surface area contributed by atoms with Crippen LogP contribution in [-0.2, 0) is 17.6 Å². The van der Waals surface area contributed by atoms with Crippen molar-refractivity contribution in [1.82, 2.24) is 0 Å². The van der Waals surface area contributed by atoms with E-state index >= 15 is 0 Å². The normalized spacial score (nSPS) is 16.6. The minimum absolute atomic E-state index is 0.186. The van der Waals surface area contributed by atoms with Crippen molar-refractivity contribution in [3.8, 4) is 6.07 Å². The summed E-state index contributed by atoms with van der Waals surface area (Å²) in [7, 11) is 0. The van der Waals surface area contributed by atoms with Crippen LogP contribution in [0.3, 0.4) is 0 Å². The number of benzene rings is 1. The van der Waals surface area contributed by atoms with E-state index in [2.05, 4.69) is 0 Å². The van der Waals surface area contributed by atoms with Gasteiger partial charge >= 0.3 is 5.97 Å². The summed E-state index contributed by atoms with van der Waals surface area (Å²) in [6.45, 7) is 0. The molecule has 1 aliphatic carbocycles. The summed E-state index contributed by atoms with van der Waals surface area (Å²) in [5, 5.41) is 18.9. The number of hydrogen-bond acceptors (Lipinski definition) is 2. The molecule has 0 amide bonds. The van der Waals surface area contributed by atoms with Gasteiger partial charge in [-0.1, -0.05) is 23.2 Å². The number of halogens is 2. The molecule has 0 aromatic heterocycles. The molecule has 2 rings (SSSR count). The van der Waals surface area contributed by atoms with E-state index in [0.717, 1.165) is 11.1 Å². The summed E-state index contributed by atoms with van der Waals surface area (Å²) in [4.78, 5) is 11.1. The maximum Gasteiger partial charge on any atom is 0.324 e. The van der Waals surface area contributed by atoms with E-state index in [1.54, 1.807) is 12.1 Å². The van der Waals surface area contributed by atoms with Crippen LogP contribution in [0.25, 0.3) is 0 Å². The first-order chi connectivity index (χ1) is 7.48. The lowest BCUT2D eigenvalue weighted by atomic mass is 9.87. The average Bonchev–Trinajstić information content (AvgIpc) is 2.58. The molecule has 0 aliphatic heterocycles. The van der Waals surface area contributed by atoms with Gasteiger partial charge in [0, 0.05) is 12.8 Å². The van der Waals surface area contributed by atoms with Crippen LogP contribution in [0, 0.1) is 16.7 Å². The van der Waals surface area contributed by atoms with Gasteiger partial charge in [0.25, 0.3) is 0 Å². The molecule has 0 spiro atoms. The van der Waals surface area contributed by atoms with E-state index in [9.17, 15) is 4.79 Å². The summed E-state index contributed by atoms with van der Waals surface area (Å²) < 4.78 is 0. The van der Waals surface area contributed by atoms with Gasteiger partial charge < -0.3 is 5.11 Å². The lowest BCUT2D eigenvalue weighted by molar-refractivity contribution is -0.145. The Morgan fingerprint density at radius 1 is 1.31 bits per heavy atom. The van der Waals surface area contributed by atoms with Gasteiger partial charge in [0.05, 0.1) is 16.1 Å². The fraction of sp³-hybridized carbons (Fsp3) is 0.273. The molecule has 0 heterocycles. The highest BCUT2D eigenvalue weighted by atomic mass is 35.5. The topological polar surface area (TPSA) is 61.1 Å². The van der Waals surface area contributed by atoms with Crippen LogP contribution in [0.1, 0.15) is 11.1 Å². The van der Waals surface area contributed by atoms with E-state index in [-0.39, 0.29) is 12.8 Å². The van der Waals surface area contributed by atoms with E-state index in [1.807, 2.05) is 6.07 Å². The summed E-state index contributed by atoms with van der Waals surface area (Å²) in [5.41, 5.74) is 0.216. The second kappa shape index (κ2) is 3.65. The molecule has 0 radical (unpaired) electrons. The predicted octanol–water partition coefficient (Wildman–Crippen LogP) is 2.69. The second-order valence-corrected chi connectivity index (χ2v) is 4.70. The van der Waals surface area contributed by atoms with Gasteiger partial charge in [0.1, 0.15) is 0 Å². The van der Waals surface area contributed by atoms with E-state index in [1.165, 1.54) is 0 Å². The smallest absolute Gasteiger partial charge is 0.324 e. The maximum absolute atomic E-state index is 11.1. The van der Waals surface area contributed by atoms with Gasteiger partial charge in [-0.3, -0.25) is 4.79 Å². The number of hydrogen-bond donors (Lipinski definition) is 1. The van der Waals surface area contributed by atoms with Gasteiger partial charge in [-0.2, -0.15) is 5.26 Å². The standard InChI is InChI=1S/C11H7Cl2NO2/c12-8-1-6-3-11(5-14,10(15)16)4-7(6)2-9(8)13/h1-2H,3-4H2,(H,15,16). The third-order valence-corrected chi connectivity index (χ3v) is 3.57. The molecular weight excluding hydrogens is 249 g/mol. The molecular formula is C11H7Cl2NO2. The van der Waals surface area contributed by atoms with Crippen molar-refractivity contribution in [2.24, 2.45) is 5.41 Å². The van der Waals surface area contributed by atoms with Crippen LogP contribution >= 0.6 is 23.2 Å². The van der Waals surface area contributed by atoms with Gasteiger partial charge in [0.2, 0.25) is 0 Å². The average molecular weight is 256 g/mol. The monoisotopic (exact) mass is 255 g/mol. The summed E-state index contributed by atoms with van der Waals surface area (Å²) >= 11 is 11.7. The Bertz CT molecular complexity index is 488. The molecule has 0 bridgehead atoms. The predicted molar refractivity (Wildman–Crippen MR) is 59.6 cm³/mol. The Morgan fingerprint density at radius 3 is 2.06 bits per heavy atom. The SMILES string of the molecule is N#CC1(C(=O)O)Cc2cc(Cl)c(Cl)cc2C1. The molecule has 1 N–H and O–H groups in total. The molecule has 1 aromatic carbocycles. The maximum atomic E-state index is 11.1. The van der Waals surface area contributed by atoms with E-state index in [4.69, 9.17) is 33.6 Å². The quantitative estimate of drug-likeness (QED) is 0.840. The molecule has 1 aromatic rings. The molecule has 5 heteroatoms. The van der Waals surface area contributed by atoms with Crippen LogP contribution in [0.5, 0.6) is 0 Å². The summed E-state index contributed by atoms with van der Waals surface area (Å²) in [5.74, 6) is -1.10. The van der Waals surface area contributed by atoms with E-state index in [0.29, 0.717) is 10.0 Å². The molecule has 0 saturated carbocycles. The van der Waals surface area contributed by atoms with Crippen molar-refractivity contribution in [1.29, 1.82) is 5.26 Å². The number of nitrogens with zero attached hydrogens (tertiary/aromatic N) is 1. The van der Waals surface area contributed by atoms with Crippen LogP contribution < -0.4 is 0 Å². The van der Waals surface area contributed by atoms with Crippen LogP contribution in [0.2, 0.25) is 10.0 Å². The minimum Gasteiger partial charge on any atom is -0.480 e. The van der Waals surface area contributed by atoms with Crippen molar-refractivity contribution < 1.29 is 9.90 Å². The van der Waals surface area contributed by atoms with Gasteiger partial charge in [-0.15, -0.1) is 0 Å². The van der Waals surface area contributed by atoms with E-state index < -0.39 is 11.4 Å². The third-order valence-electron chi connectivity index (χ3n) is 2.85. The highest BCUT2D eigenvalue weighted by molar-refractivity contribution is 6.42. The highest BCUT2D eigenvalue weighted by Gasteiger charge is 2.44. The number of rotatable bonds is 1. The Morgan fingerprint density at radius 2 is 1.75 bits per heavy atom. The van der Waals surface area contributed by atoms with Crippen LogP contribution in [0.4, 0.5) is 0 Å². The summed E-state index contributed by atoms with van der Waals surface area (Å²) in [6, 6.07) is 5.16. The number of carboxylic acids is 1. The fourth-order valence-electron chi connectivity index (χ4n) is 1.95. The molecule has 82 valence electrons. The Labute approximate surface area is 102 Å². The van der Waals surface area contributed by atoms with Gasteiger partial charge in [0.15, 0.2) is 5.41 Å². The molecule has 0 atom stereocenters. The molecule has 16 heavy (non-hydrogen) atoms. The van der Waals surface area contributed by atoms with Gasteiger partial charge in [-0.25, -0.2) is 0 Å². The van der Waals surface area contributed by atoms with Crippen molar-refractivity contribution in [3.63, 3.8) is 0 Å².